The van der Waals surface area contributed by atoms with Gasteiger partial charge in [0.25, 0.3) is 17.7 Å². The lowest BCUT2D eigenvalue weighted by Gasteiger charge is -2.36. The van der Waals surface area contributed by atoms with Crippen LogP contribution in [0.1, 0.15) is 53.8 Å². The molecular weight excluding hydrogens is 475 g/mol. The van der Waals surface area contributed by atoms with Crippen molar-refractivity contribution in [2.75, 3.05) is 0 Å². The average molecular weight is 499 g/mol. The van der Waals surface area contributed by atoms with Gasteiger partial charge >= 0.3 is 0 Å². The van der Waals surface area contributed by atoms with Gasteiger partial charge in [-0.25, -0.2) is 5.01 Å². The molecule has 0 radical (unpaired) electrons. The Morgan fingerprint density at radius 3 is 2.32 bits per heavy atom. The largest absolute Gasteiger partial charge is 0.292 e. The van der Waals surface area contributed by atoms with Gasteiger partial charge in [0.15, 0.2) is 5.78 Å². The molecule has 1 aliphatic heterocycles. The van der Waals surface area contributed by atoms with Crippen LogP contribution in [0, 0.1) is 11.8 Å². The van der Waals surface area contributed by atoms with Crippen molar-refractivity contribution in [2.24, 2.45) is 11.8 Å². The van der Waals surface area contributed by atoms with Gasteiger partial charge in [-0.2, -0.15) is 5.01 Å². The second kappa shape index (κ2) is 9.72. The quantitative estimate of drug-likeness (QED) is 0.305. The minimum Gasteiger partial charge on any atom is -0.292 e. The van der Waals surface area contributed by atoms with E-state index in [4.69, 9.17) is 23.2 Å². The number of ketones is 1. The molecule has 1 saturated heterocycles. The summed E-state index contributed by atoms with van der Waals surface area (Å²) in [6.45, 7) is 3.66. The lowest BCUT2D eigenvalue weighted by molar-refractivity contribution is -0.156. The van der Waals surface area contributed by atoms with Gasteiger partial charge in [-0.15, -0.1) is 0 Å². The molecule has 0 aromatic heterocycles. The predicted octanol–water partition coefficient (Wildman–Crippen LogP) is 5.35. The van der Waals surface area contributed by atoms with Crippen LogP contribution in [0.25, 0.3) is 0 Å². The van der Waals surface area contributed by atoms with Gasteiger partial charge in [-0.1, -0.05) is 72.1 Å². The van der Waals surface area contributed by atoms with Gasteiger partial charge in [0.1, 0.15) is 6.04 Å². The highest BCUT2D eigenvalue weighted by Gasteiger charge is 2.53. The molecule has 2 aliphatic rings. The zero-order valence-electron chi connectivity index (χ0n) is 18.8. The number of halogens is 2. The van der Waals surface area contributed by atoms with Crippen LogP contribution in [-0.4, -0.2) is 39.6 Å². The Morgan fingerprint density at radius 1 is 1.00 bits per heavy atom. The zero-order chi connectivity index (χ0) is 24.6. The second-order valence-corrected chi connectivity index (χ2v) is 9.44. The maximum Gasteiger partial charge on any atom is 0.273 e. The first-order chi connectivity index (χ1) is 16.2. The first-order valence-corrected chi connectivity index (χ1v) is 11.9. The lowest BCUT2D eigenvalue weighted by Crippen LogP contribution is -2.57. The molecule has 1 heterocycles. The molecule has 6 nitrogen and oxygen atoms in total. The van der Waals surface area contributed by atoms with Crippen molar-refractivity contribution < 1.29 is 19.2 Å². The molecule has 34 heavy (non-hydrogen) atoms. The molecule has 1 fully saturated rings. The maximum atomic E-state index is 13.8. The smallest absolute Gasteiger partial charge is 0.273 e. The van der Waals surface area contributed by atoms with Crippen molar-refractivity contribution in [1.29, 1.82) is 0 Å². The number of rotatable bonds is 6. The van der Waals surface area contributed by atoms with E-state index in [0.717, 1.165) is 15.6 Å². The standard InChI is InChI=1S/C26H24Cl2N2O4/c1-3-22(23(31)16-7-5-4-6-8-16)29(24(32)17-10-12-20(27)21(28)14-17)30-25(33)18-11-9-15(2)13-19(18)26(30)34/h4-10,12,14,18-19,22H,3,11,13H2,1-2H3/t18-,19+,22+/m0/s1. The summed E-state index contributed by atoms with van der Waals surface area (Å²) in [7, 11) is 0. The lowest BCUT2D eigenvalue weighted by atomic mass is 9.82. The van der Waals surface area contributed by atoms with Crippen LogP contribution in [0.4, 0.5) is 0 Å². The molecule has 2 aromatic rings. The maximum absolute atomic E-state index is 13.8. The monoisotopic (exact) mass is 498 g/mol. The van der Waals surface area contributed by atoms with E-state index in [1.165, 1.54) is 18.2 Å². The second-order valence-electron chi connectivity index (χ2n) is 8.62. The van der Waals surface area contributed by atoms with Gasteiger partial charge in [0.05, 0.1) is 21.9 Å². The summed E-state index contributed by atoms with van der Waals surface area (Å²) in [5.41, 5.74) is 1.54. The van der Waals surface area contributed by atoms with Crippen molar-refractivity contribution in [3.05, 3.63) is 81.4 Å². The average Bonchev–Trinajstić information content (AvgIpc) is 3.08. The first kappa shape index (κ1) is 24.2. The number of hydrazine groups is 1. The van der Waals surface area contributed by atoms with Crippen molar-refractivity contribution in [3.8, 4) is 0 Å². The Labute approximate surface area is 208 Å². The van der Waals surface area contributed by atoms with Crippen LogP contribution in [-0.2, 0) is 9.59 Å². The third-order valence-corrected chi connectivity index (χ3v) is 7.17. The fourth-order valence-electron chi connectivity index (χ4n) is 4.63. The zero-order valence-corrected chi connectivity index (χ0v) is 20.3. The van der Waals surface area contributed by atoms with Crippen molar-refractivity contribution in [1.82, 2.24) is 10.0 Å². The summed E-state index contributed by atoms with van der Waals surface area (Å²) in [4.78, 5) is 54.3. The Kier molecular flexibility index (Phi) is 6.91. The molecule has 0 unspecified atom stereocenters. The summed E-state index contributed by atoms with van der Waals surface area (Å²) < 4.78 is 0. The fraction of sp³-hybridized carbons (Fsp3) is 0.308. The summed E-state index contributed by atoms with van der Waals surface area (Å²) >= 11 is 12.2. The highest BCUT2D eigenvalue weighted by atomic mass is 35.5. The predicted molar refractivity (Wildman–Crippen MR) is 129 cm³/mol. The van der Waals surface area contributed by atoms with E-state index < -0.39 is 35.6 Å². The summed E-state index contributed by atoms with van der Waals surface area (Å²) in [5.74, 6) is -3.06. The van der Waals surface area contributed by atoms with Gasteiger partial charge in [-0.05, 0) is 44.4 Å². The number of carbonyl (C=O) groups excluding carboxylic acids is 4. The molecule has 8 heteroatoms. The molecule has 0 bridgehead atoms. The molecule has 4 rings (SSSR count). The van der Waals surface area contributed by atoms with E-state index in [2.05, 4.69) is 0 Å². The van der Waals surface area contributed by atoms with E-state index in [1.54, 1.807) is 37.3 Å². The third-order valence-electron chi connectivity index (χ3n) is 6.43. The molecule has 0 N–H and O–H groups in total. The number of carbonyl (C=O) groups is 4. The summed E-state index contributed by atoms with van der Waals surface area (Å²) in [5, 5.41) is 2.36. The Bertz CT molecular complexity index is 1190. The van der Waals surface area contributed by atoms with Crippen LogP contribution < -0.4 is 0 Å². The number of imide groups is 1. The van der Waals surface area contributed by atoms with E-state index in [0.29, 0.717) is 18.4 Å². The number of nitrogens with zero attached hydrogens (tertiary/aromatic N) is 2. The SMILES string of the molecule is CC[C@H](C(=O)c1ccccc1)N(C(=O)c1ccc(Cl)c(Cl)c1)N1C(=O)[C@H]2CC=C(C)C[C@H]2C1=O. The van der Waals surface area contributed by atoms with Crippen molar-refractivity contribution >= 4 is 46.7 Å². The van der Waals surface area contributed by atoms with Crippen molar-refractivity contribution in [2.45, 2.75) is 39.2 Å². The van der Waals surface area contributed by atoms with E-state index >= 15 is 0 Å². The highest BCUT2D eigenvalue weighted by Crippen LogP contribution is 2.39. The van der Waals surface area contributed by atoms with Gasteiger partial charge in [0, 0.05) is 11.1 Å². The van der Waals surface area contributed by atoms with Crippen LogP contribution >= 0.6 is 23.2 Å². The highest BCUT2D eigenvalue weighted by molar-refractivity contribution is 6.42. The van der Waals surface area contributed by atoms with E-state index in [-0.39, 0.29) is 27.8 Å². The topological polar surface area (TPSA) is 74.8 Å². The molecule has 176 valence electrons. The van der Waals surface area contributed by atoms with Crippen LogP contribution in [0.2, 0.25) is 10.0 Å². The number of hydrogen-bond acceptors (Lipinski definition) is 4. The number of fused-ring (bicyclic) bond motifs is 1. The number of benzene rings is 2. The molecule has 3 amide bonds. The third kappa shape index (κ3) is 4.28. The van der Waals surface area contributed by atoms with Gasteiger partial charge in [-0.3, -0.25) is 19.2 Å². The molecular formula is C26H24Cl2N2O4. The normalized spacial score (nSPS) is 20.6. The van der Waals surface area contributed by atoms with Crippen molar-refractivity contribution in [3.63, 3.8) is 0 Å². The van der Waals surface area contributed by atoms with E-state index in [9.17, 15) is 19.2 Å². The molecule has 0 saturated carbocycles. The van der Waals surface area contributed by atoms with Crippen LogP contribution in [0.5, 0.6) is 0 Å². The Balaban J connectivity index is 1.80. The number of hydrogen-bond donors (Lipinski definition) is 0. The molecule has 3 atom stereocenters. The number of Topliss-reactive ketones (excluding diaryl/α,β-unsaturated/α-hetero) is 1. The fourth-order valence-corrected chi connectivity index (χ4v) is 4.93. The minimum absolute atomic E-state index is 0.124. The first-order valence-electron chi connectivity index (χ1n) is 11.2. The molecule has 1 aliphatic carbocycles. The van der Waals surface area contributed by atoms with Crippen LogP contribution in [0.3, 0.4) is 0 Å². The Hall–Kier alpha value is -2.96. The summed E-state index contributed by atoms with van der Waals surface area (Å²) in [6.07, 6.45) is 3.03. The number of amides is 3. The van der Waals surface area contributed by atoms with Gasteiger partial charge < -0.3 is 0 Å². The van der Waals surface area contributed by atoms with E-state index in [1.807, 2.05) is 13.0 Å². The molecule has 0 spiro atoms. The Morgan fingerprint density at radius 2 is 1.68 bits per heavy atom. The van der Waals surface area contributed by atoms with Crippen LogP contribution in [0.15, 0.2) is 60.2 Å². The van der Waals surface area contributed by atoms with Gasteiger partial charge in [0.2, 0.25) is 0 Å². The summed E-state index contributed by atoms with van der Waals surface area (Å²) in [6, 6.07) is 11.8. The molecule has 2 aromatic carbocycles. The number of allylic oxidation sites excluding steroid dienone is 2. The minimum atomic E-state index is -1.06.